The Bertz CT molecular complexity index is 3250. The SMILES string of the molecule is c1ccc(-c2c(-c3ccc(N(c4ccc(-c5ccc6ccccc6c5)cc4)c4ccc5c6ccccc6n(-c6ccccc6)c5c4)cc3)ccc3ccccc23)cc1. The first-order valence-electron chi connectivity index (χ1n) is 19.9. The molecule has 2 heteroatoms. The highest BCUT2D eigenvalue weighted by molar-refractivity contribution is 6.10. The maximum Gasteiger partial charge on any atom is 0.0561 e. The monoisotopic (exact) mass is 738 g/mol. The van der Waals surface area contributed by atoms with E-state index in [0.717, 1.165) is 22.7 Å². The highest BCUT2D eigenvalue weighted by Crippen LogP contribution is 2.43. The van der Waals surface area contributed by atoms with E-state index >= 15 is 0 Å². The van der Waals surface area contributed by atoms with Crippen LogP contribution in [0.1, 0.15) is 0 Å². The molecule has 10 aromatic carbocycles. The minimum Gasteiger partial charge on any atom is -0.310 e. The number of rotatable bonds is 7. The van der Waals surface area contributed by atoms with Crippen LogP contribution in [0.3, 0.4) is 0 Å². The lowest BCUT2D eigenvalue weighted by Gasteiger charge is -2.26. The van der Waals surface area contributed by atoms with E-state index in [-0.39, 0.29) is 0 Å². The summed E-state index contributed by atoms with van der Waals surface area (Å²) < 4.78 is 2.39. The quantitative estimate of drug-likeness (QED) is 0.158. The summed E-state index contributed by atoms with van der Waals surface area (Å²) in [6.45, 7) is 0. The first kappa shape index (κ1) is 33.6. The second kappa shape index (κ2) is 14.1. The topological polar surface area (TPSA) is 8.17 Å². The van der Waals surface area contributed by atoms with E-state index in [2.05, 4.69) is 240 Å². The molecule has 0 bridgehead atoms. The van der Waals surface area contributed by atoms with Gasteiger partial charge in [0, 0.05) is 33.5 Å². The molecule has 1 aromatic heterocycles. The van der Waals surface area contributed by atoms with Gasteiger partial charge in [-0.15, -0.1) is 0 Å². The maximum absolute atomic E-state index is 2.39. The molecule has 0 radical (unpaired) electrons. The number of aromatic nitrogens is 1. The highest BCUT2D eigenvalue weighted by Gasteiger charge is 2.19. The van der Waals surface area contributed by atoms with Gasteiger partial charge in [-0.05, 0) is 116 Å². The Balaban J connectivity index is 1.07. The molecule has 58 heavy (non-hydrogen) atoms. The molecule has 0 amide bonds. The van der Waals surface area contributed by atoms with Crippen LogP contribution in [0, 0.1) is 0 Å². The van der Waals surface area contributed by atoms with Crippen LogP contribution in [0.4, 0.5) is 17.1 Å². The van der Waals surface area contributed by atoms with Crippen molar-refractivity contribution in [3.05, 3.63) is 231 Å². The normalized spacial score (nSPS) is 11.4. The minimum absolute atomic E-state index is 1.09. The summed E-state index contributed by atoms with van der Waals surface area (Å²) in [6.07, 6.45) is 0. The number of nitrogens with zero attached hydrogens (tertiary/aromatic N) is 2. The second-order valence-electron chi connectivity index (χ2n) is 15.0. The van der Waals surface area contributed by atoms with Crippen molar-refractivity contribution in [2.75, 3.05) is 4.90 Å². The van der Waals surface area contributed by atoms with Gasteiger partial charge in [0.25, 0.3) is 0 Å². The van der Waals surface area contributed by atoms with Gasteiger partial charge < -0.3 is 9.47 Å². The molecular weight excluding hydrogens is 701 g/mol. The Labute approximate surface area is 338 Å². The largest absolute Gasteiger partial charge is 0.310 e. The van der Waals surface area contributed by atoms with Crippen LogP contribution in [0.15, 0.2) is 231 Å². The summed E-state index contributed by atoms with van der Waals surface area (Å²) >= 11 is 0. The predicted molar refractivity (Wildman–Crippen MR) is 247 cm³/mol. The summed E-state index contributed by atoms with van der Waals surface area (Å²) in [6, 6.07) is 83.7. The molecular formula is C56H38N2. The van der Waals surface area contributed by atoms with Crippen molar-refractivity contribution in [3.63, 3.8) is 0 Å². The molecule has 0 fully saturated rings. The van der Waals surface area contributed by atoms with Gasteiger partial charge in [0.1, 0.15) is 0 Å². The minimum atomic E-state index is 1.09. The Kier molecular flexibility index (Phi) is 8.19. The van der Waals surface area contributed by atoms with Gasteiger partial charge >= 0.3 is 0 Å². The molecule has 0 aliphatic heterocycles. The number of hydrogen-bond acceptors (Lipinski definition) is 1. The van der Waals surface area contributed by atoms with Crippen LogP contribution in [-0.4, -0.2) is 4.57 Å². The third-order valence-electron chi connectivity index (χ3n) is 11.6. The van der Waals surface area contributed by atoms with Crippen LogP contribution >= 0.6 is 0 Å². The molecule has 0 atom stereocenters. The Morgan fingerprint density at radius 1 is 0.293 bits per heavy atom. The van der Waals surface area contributed by atoms with Crippen molar-refractivity contribution >= 4 is 60.4 Å². The number of para-hydroxylation sites is 2. The van der Waals surface area contributed by atoms with Crippen molar-refractivity contribution in [1.29, 1.82) is 0 Å². The van der Waals surface area contributed by atoms with Gasteiger partial charge in [-0.2, -0.15) is 0 Å². The number of anilines is 3. The molecule has 0 saturated carbocycles. The average Bonchev–Trinajstić information content (AvgIpc) is 3.63. The molecule has 0 spiro atoms. The van der Waals surface area contributed by atoms with Crippen LogP contribution in [0.25, 0.3) is 82.4 Å². The number of hydrogen-bond donors (Lipinski definition) is 0. The lowest BCUT2D eigenvalue weighted by Crippen LogP contribution is -2.10. The third-order valence-corrected chi connectivity index (χ3v) is 11.6. The molecule has 272 valence electrons. The van der Waals surface area contributed by atoms with Crippen molar-refractivity contribution in [3.8, 4) is 39.1 Å². The van der Waals surface area contributed by atoms with E-state index in [9.17, 15) is 0 Å². The standard InChI is InChI=1S/C56H38N2/c1-3-15-43(16-4-1)56-50-20-10-9-14-41(50)29-35-51(56)42-27-32-48(33-28-42)57(47-30-25-40(26-31-47)45-24-23-39-13-7-8-17-44(39)37-45)49-34-36-53-52-21-11-12-22-54(52)58(55(53)38-49)46-18-5-2-6-19-46/h1-38H. The average molecular weight is 739 g/mol. The fourth-order valence-electron chi connectivity index (χ4n) is 8.79. The molecule has 0 aliphatic rings. The summed E-state index contributed by atoms with van der Waals surface area (Å²) in [5.74, 6) is 0. The van der Waals surface area contributed by atoms with Crippen molar-refractivity contribution in [1.82, 2.24) is 4.57 Å². The van der Waals surface area contributed by atoms with Gasteiger partial charge in [0.05, 0.1) is 11.0 Å². The Morgan fingerprint density at radius 2 is 0.845 bits per heavy atom. The van der Waals surface area contributed by atoms with Gasteiger partial charge in [0.2, 0.25) is 0 Å². The van der Waals surface area contributed by atoms with Gasteiger partial charge in [-0.25, -0.2) is 0 Å². The van der Waals surface area contributed by atoms with E-state index in [4.69, 9.17) is 0 Å². The summed E-state index contributed by atoms with van der Waals surface area (Å²) in [5.41, 5.74) is 14.1. The zero-order valence-electron chi connectivity index (χ0n) is 31.8. The maximum atomic E-state index is 2.39. The second-order valence-corrected chi connectivity index (χ2v) is 15.0. The fraction of sp³-hybridized carbons (Fsp3) is 0. The van der Waals surface area contributed by atoms with Crippen LogP contribution in [0.2, 0.25) is 0 Å². The van der Waals surface area contributed by atoms with Crippen LogP contribution < -0.4 is 4.90 Å². The molecule has 11 rings (SSSR count). The zero-order chi connectivity index (χ0) is 38.4. The molecule has 11 aromatic rings. The number of benzene rings is 10. The van der Waals surface area contributed by atoms with E-state index in [0.29, 0.717) is 0 Å². The summed E-state index contributed by atoms with van der Waals surface area (Å²) in [7, 11) is 0. The van der Waals surface area contributed by atoms with E-state index in [1.54, 1.807) is 0 Å². The Hall–Kier alpha value is -7.68. The highest BCUT2D eigenvalue weighted by atomic mass is 15.1. The van der Waals surface area contributed by atoms with Crippen LogP contribution in [0.5, 0.6) is 0 Å². The summed E-state index contributed by atoms with van der Waals surface area (Å²) in [4.78, 5) is 2.39. The molecule has 0 aliphatic carbocycles. The predicted octanol–water partition coefficient (Wildman–Crippen LogP) is 15.6. The third kappa shape index (κ3) is 5.82. The van der Waals surface area contributed by atoms with Crippen molar-refractivity contribution in [2.45, 2.75) is 0 Å². The van der Waals surface area contributed by atoms with Gasteiger partial charge in [-0.1, -0.05) is 170 Å². The lowest BCUT2D eigenvalue weighted by atomic mass is 9.90. The molecule has 0 unspecified atom stereocenters. The zero-order valence-corrected chi connectivity index (χ0v) is 31.8. The van der Waals surface area contributed by atoms with Crippen molar-refractivity contribution in [2.24, 2.45) is 0 Å². The summed E-state index contributed by atoms with van der Waals surface area (Å²) in [5, 5.41) is 7.46. The smallest absolute Gasteiger partial charge is 0.0561 e. The van der Waals surface area contributed by atoms with E-state index in [1.807, 2.05) is 0 Å². The van der Waals surface area contributed by atoms with Crippen molar-refractivity contribution < 1.29 is 0 Å². The molecule has 2 nitrogen and oxygen atoms in total. The Morgan fingerprint density at radius 3 is 1.60 bits per heavy atom. The van der Waals surface area contributed by atoms with Gasteiger partial charge in [0.15, 0.2) is 0 Å². The number of fused-ring (bicyclic) bond motifs is 5. The first-order chi connectivity index (χ1) is 28.8. The van der Waals surface area contributed by atoms with Crippen LogP contribution in [-0.2, 0) is 0 Å². The molecule has 0 N–H and O–H groups in total. The van der Waals surface area contributed by atoms with E-state index < -0.39 is 0 Å². The van der Waals surface area contributed by atoms with Gasteiger partial charge in [-0.3, -0.25) is 0 Å². The first-order valence-corrected chi connectivity index (χ1v) is 19.9. The lowest BCUT2D eigenvalue weighted by molar-refractivity contribution is 1.18. The molecule has 1 heterocycles. The molecule has 0 saturated heterocycles. The van der Waals surface area contributed by atoms with E-state index in [1.165, 1.54) is 76.7 Å². The fourth-order valence-corrected chi connectivity index (χ4v) is 8.79.